The van der Waals surface area contributed by atoms with Crippen LogP contribution >= 0.6 is 0 Å². The SMILES string of the molecule is Cc1cn(C2CCN(C)CC2)c2ncc(N3CCC(=O)NC3=O)cc12. The van der Waals surface area contributed by atoms with Gasteiger partial charge >= 0.3 is 6.03 Å². The highest BCUT2D eigenvalue weighted by atomic mass is 16.2. The average molecular weight is 341 g/mol. The number of hydrogen-bond acceptors (Lipinski definition) is 4. The summed E-state index contributed by atoms with van der Waals surface area (Å²) < 4.78 is 2.29. The van der Waals surface area contributed by atoms with Crippen LogP contribution in [-0.4, -0.2) is 53.1 Å². The summed E-state index contributed by atoms with van der Waals surface area (Å²) in [6.45, 7) is 4.68. The molecule has 4 rings (SSSR count). The number of carbonyl (C=O) groups excluding carboxylic acids is 2. The summed E-state index contributed by atoms with van der Waals surface area (Å²) in [4.78, 5) is 32.0. The standard InChI is InChI=1S/C18H23N5O2/c1-12-11-23(13-3-6-21(2)7-4-13)17-15(12)9-14(10-19-17)22-8-5-16(24)20-18(22)25/h9-11,13H,3-8H2,1-2H3,(H,20,24,25). The van der Waals surface area contributed by atoms with Crippen molar-refractivity contribution < 1.29 is 9.59 Å². The van der Waals surface area contributed by atoms with Crippen molar-refractivity contribution in [1.29, 1.82) is 0 Å². The van der Waals surface area contributed by atoms with Gasteiger partial charge in [-0.25, -0.2) is 9.78 Å². The number of aryl methyl sites for hydroxylation is 1. The molecule has 0 aliphatic carbocycles. The fourth-order valence-corrected chi connectivity index (χ4v) is 3.79. The molecule has 0 aromatic carbocycles. The largest absolute Gasteiger partial charge is 0.329 e. The lowest BCUT2D eigenvalue weighted by Crippen LogP contribution is -2.49. The van der Waals surface area contributed by atoms with E-state index in [0.717, 1.165) is 48.2 Å². The van der Waals surface area contributed by atoms with Crippen LogP contribution in [0.25, 0.3) is 11.0 Å². The number of fused-ring (bicyclic) bond motifs is 1. The van der Waals surface area contributed by atoms with Crippen molar-refractivity contribution in [1.82, 2.24) is 19.8 Å². The Kier molecular flexibility index (Phi) is 3.95. The van der Waals surface area contributed by atoms with Crippen molar-refractivity contribution in [3.63, 3.8) is 0 Å². The Hall–Kier alpha value is -2.41. The van der Waals surface area contributed by atoms with Gasteiger partial charge in [-0.2, -0.15) is 0 Å². The fraction of sp³-hybridized carbons (Fsp3) is 0.500. The summed E-state index contributed by atoms with van der Waals surface area (Å²) >= 11 is 0. The van der Waals surface area contributed by atoms with Crippen LogP contribution in [0.1, 0.15) is 30.9 Å². The molecule has 2 saturated heterocycles. The number of amides is 3. The Morgan fingerprint density at radius 3 is 2.68 bits per heavy atom. The van der Waals surface area contributed by atoms with Crippen LogP contribution in [0.2, 0.25) is 0 Å². The van der Waals surface area contributed by atoms with E-state index in [4.69, 9.17) is 0 Å². The third-order valence-corrected chi connectivity index (χ3v) is 5.30. The molecular weight excluding hydrogens is 318 g/mol. The van der Waals surface area contributed by atoms with E-state index in [1.54, 1.807) is 11.1 Å². The van der Waals surface area contributed by atoms with E-state index in [9.17, 15) is 9.59 Å². The van der Waals surface area contributed by atoms with Crippen molar-refractivity contribution in [2.45, 2.75) is 32.2 Å². The number of carbonyl (C=O) groups is 2. The van der Waals surface area contributed by atoms with E-state index in [1.807, 2.05) is 6.07 Å². The Bertz CT molecular complexity index is 835. The second-order valence-corrected chi connectivity index (χ2v) is 7.07. The number of pyridine rings is 1. The summed E-state index contributed by atoms with van der Waals surface area (Å²) in [6.07, 6.45) is 6.48. The van der Waals surface area contributed by atoms with Crippen molar-refractivity contribution in [2.24, 2.45) is 0 Å². The Labute approximate surface area is 146 Å². The van der Waals surface area contributed by atoms with E-state index < -0.39 is 0 Å². The van der Waals surface area contributed by atoms with E-state index >= 15 is 0 Å². The normalized spacial score (nSPS) is 20.3. The molecule has 2 fully saturated rings. The highest BCUT2D eigenvalue weighted by Gasteiger charge is 2.26. The second-order valence-electron chi connectivity index (χ2n) is 7.07. The maximum absolute atomic E-state index is 12.1. The van der Waals surface area contributed by atoms with Crippen molar-refractivity contribution >= 4 is 28.7 Å². The number of hydrogen-bond donors (Lipinski definition) is 1. The number of imide groups is 1. The summed E-state index contributed by atoms with van der Waals surface area (Å²) in [6, 6.07) is 2.12. The quantitative estimate of drug-likeness (QED) is 0.908. The van der Waals surface area contributed by atoms with Gasteiger partial charge in [0.1, 0.15) is 5.65 Å². The average Bonchev–Trinajstić information content (AvgIpc) is 2.92. The van der Waals surface area contributed by atoms with Crippen LogP contribution < -0.4 is 10.2 Å². The van der Waals surface area contributed by atoms with E-state index in [-0.39, 0.29) is 11.9 Å². The predicted octanol–water partition coefficient (Wildman–Crippen LogP) is 2.06. The maximum atomic E-state index is 12.1. The smallest absolute Gasteiger partial charge is 0.328 e. The Morgan fingerprint density at radius 2 is 1.96 bits per heavy atom. The minimum Gasteiger partial charge on any atom is -0.329 e. The van der Waals surface area contributed by atoms with E-state index in [0.29, 0.717) is 19.0 Å². The molecule has 0 bridgehead atoms. The number of nitrogens with one attached hydrogen (secondary N) is 1. The minimum atomic E-state index is -0.371. The van der Waals surface area contributed by atoms with Crippen LogP contribution in [0.3, 0.4) is 0 Å². The molecule has 1 N–H and O–H groups in total. The van der Waals surface area contributed by atoms with Crippen LogP contribution in [0.15, 0.2) is 18.5 Å². The number of piperidine rings is 1. The number of urea groups is 1. The third-order valence-electron chi connectivity index (χ3n) is 5.30. The molecule has 132 valence electrons. The van der Waals surface area contributed by atoms with Crippen molar-refractivity contribution in [2.75, 3.05) is 31.6 Å². The molecule has 7 nitrogen and oxygen atoms in total. The monoisotopic (exact) mass is 341 g/mol. The lowest BCUT2D eigenvalue weighted by molar-refractivity contribution is -0.120. The van der Waals surface area contributed by atoms with Gasteiger partial charge in [0.2, 0.25) is 5.91 Å². The zero-order valence-electron chi connectivity index (χ0n) is 14.7. The lowest BCUT2D eigenvalue weighted by atomic mass is 10.1. The molecule has 25 heavy (non-hydrogen) atoms. The molecular formula is C18H23N5O2. The maximum Gasteiger partial charge on any atom is 0.328 e. The molecule has 0 atom stereocenters. The molecule has 2 aliphatic rings. The van der Waals surface area contributed by atoms with Gasteiger partial charge in [-0.05, 0) is 51.5 Å². The first-order valence-electron chi connectivity index (χ1n) is 8.80. The van der Waals surface area contributed by atoms with Crippen molar-refractivity contribution in [3.05, 3.63) is 24.0 Å². The molecule has 0 spiro atoms. The molecule has 7 heteroatoms. The molecule has 0 unspecified atom stereocenters. The number of nitrogens with zero attached hydrogens (tertiary/aromatic N) is 4. The van der Waals surface area contributed by atoms with Gasteiger partial charge in [0.15, 0.2) is 0 Å². The first-order valence-corrected chi connectivity index (χ1v) is 8.80. The first kappa shape index (κ1) is 16.1. The lowest BCUT2D eigenvalue weighted by Gasteiger charge is -2.30. The van der Waals surface area contributed by atoms with Crippen LogP contribution in [0, 0.1) is 6.92 Å². The highest BCUT2D eigenvalue weighted by Crippen LogP contribution is 2.31. The number of rotatable bonds is 2. The number of anilines is 1. The summed E-state index contributed by atoms with van der Waals surface area (Å²) in [5, 5.41) is 3.43. The summed E-state index contributed by atoms with van der Waals surface area (Å²) in [7, 11) is 2.16. The molecule has 4 heterocycles. The van der Waals surface area contributed by atoms with Gasteiger partial charge in [-0.1, -0.05) is 0 Å². The van der Waals surface area contributed by atoms with Gasteiger partial charge in [-0.3, -0.25) is 15.0 Å². The molecule has 0 radical (unpaired) electrons. The molecule has 2 aromatic rings. The Morgan fingerprint density at radius 1 is 1.20 bits per heavy atom. The Balaban J connectivity index is 1.67. The molecule has 0 saturated carbocycles. The zero-order chi connectivity index (χ0) is 17.6. The second kappa shape index (κ2) is 6.15. The summed E-state index contributed by atoms with van der Waals surface area (Å²) in [5.41, 5.74) is 2.88. The molecule has 2 aromatic heterocycles. The zero-order valence-corrected chi connectivity index (χ0v) is 14.7. The van der Waals surface area contributed by atoms with Crippen LogP contribution in [0.4, 0.5) is 10.5 Å². The fourth-order valence-electron chi connectivity index (χ4n) is 3.79. The topological polar surface area (TPSA) is 70.5 Å². The molecule has 3 amide bonds. The summed E-state index contributed by atoms with van der Waals surface area (Å²) in [5.74, 6) is -0.222. The molecule has 2 aliphatic heterocycles. The van der Waals surface area contributed by atoms with Gasteiger partial charge in [0, 0.05) is 30.6 Å². The van der Waals surface area contributed by atoms with E-state index in [2.05, 4.69) is 39.9 Å². The van der Waals surface area contributed by atoms with Gasteiger partial charge in [0.05, 0.1) is 11.9 Å². The minimum absolute atomic E-state index is 0.222. The highest BCUT2D eigenvalue weighted by molar-refractivity contribution is 6.06. The number of aromatic nitrogens is 2. The predicted molar refractivity (Wildman–Crippen MR) is 95.7 cm³/mol. The van der Waals surface area contributed by atoms with E-state index in [1.165, 1.54) is 0 Å². The third kappa shape index (κ3) is 2.89. The van der Waals surface area contributed by atoms with Crippen molar-refractivity contribution in [3.8, 4) is 0 Å². The van der Waals surface area contributed by atoms with Gasteiger partial charge in [0.25, 0.3) is 0 Å². The number of likely N-dealkylation sites (tertiary alicyclic amines) is 1. The van der Waals surface area contributed by atoms with Crippen LogP contribution in [0.5, 0.6) is 0 Å². The van der Waals surface area contributed by atoms with Gasteiger partial charge in [-0.15, -0.1) is 0 Å². The first-order chi connectivity index (χ1) is 12.0. The van der Waals surface area contributed by atoms with Crippen LogP contribution in [-0.2, 0) is 4.79 Å². The van der Waals surface area contributed by atoms with Gasteiger partial charge < -0.3 is 9.47 Å².